The van der Waals surface area contributed by atoms with Gasteiger partial charge in [-0.2, -0.15) is 0 Å². The number of hydrogen-bond donors (Lipinski definition) is 0. The first-order valence-electron chi connectivity index (χ1n) is 5.36. The maximum absolute atomic E-state index is 13.3. The molecule has 0 atom stereocenters. The second-order valence-electron chi connectivity index (χ2n) is 4.36. The molecule has 2 aromatic rings. The molecule has 90 valence electrons. The number of aryl methyl sites for hydroxylation is 1. The lowest BCUT2D eigenvalue weighted by atomic mass is 9.99. The third-order valence-corrected chi connectivity index (χ3v) is 3.44. The van der Waals surface area contributed by atoms with Crippen LogP contribution in [0.4, 0.5) is 4.39 Å². The molecule has 0 unspecified atom stereocenters. The predicted molar refractivity (Wildman–Crippen MR) is 70.5 cm³/mol. The van der Waals surface area contributed by atoms with E-state index >= 15 is 0 Å². The van der Waals surface area contributed by atoms with Crippen LogP contribution in [0.25, 0.3) is 10.9 Å². The maximum Gasteiger partial charge on any atom is 0.126 e. The molecule has 0 saturated carbocycles. The van der Waals surface area contributed by atoms with E-state index in [2.05, 4.69) is 4.98 Å². The Morgan fingerprint density at radius 3 is 2.47 bits per heavy atom. The summed E-state index contributed by atoms with van der Waals surface area (Å²) in [5.41, 5.74) is 2.29. The van der Waals surface area contributed by atoms with Crippen LogP contribution >= 0.6 is 23.2 Å². The Kier molecular flexibility index (Phi) is 3.28. The number of pyridine rings is 1. The van der Waals surface area contributed by atoms with E-state index in [0.29, 0.717) is 20.9 Å². The van der Waals surface area contributed by atoms with Crippen molar-refractivity contribution >= 4 is 34.1 Å². The van der Waals surface area contributed by atoms with E-state index in [4.69, 9.17) is 23.2 Å². The SMILES string of the molecule is Cc1nc2cc(F)cc(Cl)c2c(Cl)c1C(C)C. The Morgan fingerprint density at radius 1 is 1.24 bits per heavy atom. The van der Waals surface area contributed by atoms with E-state index in [1.807, 2.05) is 20.8 Å². The number of halogens is 3. The summed E-state index contributed by atoms with van der Waals surface area (Å²) in [5.74, 6) is -0.150. The van der Waals surface area contributed by atoms with Crippen molar-refractivity contribution in [3.05, 3.63) is 39.3 Å². The highest BCUT2D eigenvalue weighted by atomic mass is 35.5. The zero-order valence-corrected chi connectivity index (χ0v) is 11.3. The lowest BCUT2D eigenvalue weighted by Gasteiger charge is -2.14. The van der Waals surface area contributed by atoms with Crippen molar-refractivity contribution in [2.24, 2.45) is 0 Å². The highest BCUT2D eigenvalue weighted by Crippen LogP contribution is 2.36. The minimum Gasteiger partial charge on any atom is -0.253 e. The van der Waals surface area contributed by atoms with Crippen molar-refractivity contribution < 1.29 is 4.39 Å². The van der Waals surface area contributed by atoms with Gasteiger partial charge in [-0.15, -0.1) is 0 Å². The van der Waals surface area contributed by atoms with Crippen LogP contribution in [-0.2, 0) is 0 Å². The van der Waals surface area contributed by atoms with Crippen molar-refractivity contribution in [2.75, 3.05) is 0 Å². The molecule has 0 aliphatic rings. The summed E-state index contributed by atoms with van der Waals surface area (Å²) in [6.45, 7) is 5.96. The van der Waals surface area contributed by atoms with Gasteiger partial charge in [0.2, 0.25) is 0 Å². The number of hydrogen-bond acceptors (Lipinski definition) is 1. The van der Waals surface area contributed by atoms with Crippen LogP contribution in [0.15, 0.2) is 12.1 Å². The summed E-state index contributed by atoms with van der Waals surface area (Å²) in [4.78, 5) is 4.37. The van der Waals surface area contributed by atoms with Gasteiger partial charge in [0, 0.05) is 17.1 Å². The van der Waals surface area contributed by atoms with Crippen LogP contribution < -0.4 is 0 Å². The van der Waals surface area contributed by atoms with Crippen LogP contribution in [0, 0.1) is 12.7 Å². The first-order valence-corrected chi connectivity index (χ1v) is 6.12. The first-order chi connectivity index (χ1) is 7.91. The zero-order valence-electron chi connectivity index (χ0n) is 9.81. The zero-order chi connectivity index (χ0) is 12.7. The first kappa shape index (κ1) is 12.6. The third kappa shape index (κ3) is 2.12. The molecule has 1 aromatic carbocycles. The van der Waals surface area contributed by atoms with Gasteiger partial charge >= 0.3 is 0 Å². The molecule has 0 radical (unpaired) electrons. The molecular weight excluding hydrogens is 260 g/mol. The summed E-state index contributed by atoms with van der Waals surface area (Å²) in [6, 6.07) is 2.61. The summed E-state index contributed by atoms with van der Waals surface area (Å²) >= 11 is 12.4. The van der Waals surface area contributed by atoms with Crippen molar-refractivity contribution in [1.82, 2.24) is 4.98 Å². The second-order valence-corrected chi connectivity index (χ2v) is 5.15. The average Bonchev–Trinajstić information content (AvgIpc) is 2.13. The van der Waals surface area contributed by atoms with Gasteiger partial charge in [0.1, 0.15) is 5.82 Å². The molecule has 0 saturated heterocycles. The van der Waals surface area contributed by atoms with Gasteiger partial charge in [0.25, 0.3) is 0 Å². The highest BCUT2D eigenvalue weighted by Gasteiger charge is 2.16. The minimum atomic E-state index is -0.400. The number of rotatable bonds is 1. The molecule has 17 heavy (non-hydrogen) atoms. The molecule has 0 spiro atoms. The Morgan fingerprint density at radius 2 is 1.88 bits per heavy atom. The van der Waals surface area contributed by atoms with Crippen molar-refractivity contribution in [1.29, 1.82) is 0 Å². The lowest BCUT2D eigenvalue weighted by Crippen LogP contribution is -1.99. The molecule has 0 amide bonds. The van der Waals surface area contributed by atoms with Crippen molar-refractivity contribution in [3.8, 4) is 0 Å². The van der Waals surface area contributed by atoms with Crippen LogP contribution in [0.5, 0.6) is 0 Å². The molecule has 1 aromatic heterocycles. The van der Waals surface area contributed by atoms with Gasteiger partial charge in [0.05, 0.1) is 15.6 Å². The highest BCUT2D eigenvalue weighted by molar-refractivity contribution is 6.42. The van der Waals surface area contributed by atoms with Gasteiger partial charge in [-0.1, -0.05) is 37.0 Å². The van der Waals surface area contributed by atoms with E-state index in [1.165, 1.54) is 12.1 Å². The molecule has 2 rings (SSSR count). The lowest BCUT2D eigenvalue weighted by molar-refractivity contribution is 0.629. The Hall–Kier alpha value is -0.860. The van der Waals surface area contributed by atoms with E-state index in [9.17, 15) is 4.39 Å². The largest absolute Gasteiger partial charge is 0.253 e. The Balaban J connectivity index is 2.92. The fourth-order valence-corrected chi connectivity index (χ4v) is 2.97. The van der Waals surface area contributed by atoms with Crippen molar-refractivity contribution in [2.45, 2.75) is 26.7 Å². The Labute approximate surface area is 110 Å². The summed E-state index contributed by atoms with van der Waals surface area (Å²) in [6.07, 6.45) is 0. The molecule has 1 heterocycles. The second kappa shape index (κ2) is 4.43. The molecule has 0 fully saturated rings. The van der Waals surface area contributed by atoms with E-state index in [1.54, 1.807) is 0 Å². The predicted octanol–water partition coefficient (Wildman–Crippen LogP) is 5.11. The van der Waals surface area contributed by atoms with E-state index in [-0.39, 0.29) is 5.92 Å². The molecule has 4 heteroatoms. The molecule has 0 aliphatic carbocycles. The molecule has 0 N–H and O–H groups in total. The molecular formula is C13H12Cl2FN. The van der Waals surface area contributed by atoms with Gasteiger partial charge in [-0.25, -0.2) is 4.39 Å². The van der Waals surface area contributed by atoms with E-state index in [0.717, 1.165) is 11.3 Å². The molecule has 1 nitrogen and oxygen atoms in total. The summed E-state index contributed by atoms with van der Waals surface area (Å²) in [5, 5.41) is 1.51. The van der Waals surface area contributed by atoms with Gasteiger partial charge in [-0.3, -0.25) is 4.98 Å². The van der Waals surface area contributed by atoms with Crippen LogP contribution in [0.3, 0.4) is 0 Å². The van der Waals surface area contributed by atoms with Crippen molar-refractivity contribution in [3.63, 3.8) is 0 Å². The minimum absolute atomic E-state index is 0.250. The van der Waals surface area contributed by atoms with Gasteiger partial charge < -0.3 is 0 Å². The number of nitrogens with zero attached hydrogens (tertiary/aromatic N) is 1. The Bertz CT molecular complexity index is 594. The standard InChI is InChI=1S/C13H12Cl2FN/c1-6(2)11-7(3)17-10-5-8(16)4-9(14)12(10)13(11)15/h4-6H,1-3H3. The normalized spacial score (nSPS) is 11.5. The summed E-state index contributed by atoms with van der Waals surface area (Å²) < 4.78 is 13.3. The monoisotopic (exact) mass is 271 g/mol. The molecule has 0 aliphatic heterocycles. The number of benzene rings is 1. The van der Waals surface area contributed by atoms with E-state index < -0.39 is 5.82 Å². The van der Waals surface area contributed by atoms with Gasteiger partial charge in [0.15, 0.2) is 0 Å². The van der Waals surface area contributed by atoms with Crippen LogP contribution in [0.2, 0.25) is 10.0 Å². The smallest absolute Gasteiger partial charge is 0.126 e. The fourth-order valence-electron chi connectivity index (χ4n) is 2.07. The number of aromatic nitrogens is 1. The van der Waals surface area contributed by atoms with Crippen LogP contribution in [0.1, 0.15) is 31.0 Å². The summed E-state index contributed by atoms with van der Waals surface area (Å²) in [7, 11) is 0. The maximum atomic E-state index is 13.3. The van der Waals surface area contributed by atoms with Crippen LogP contribution in [-0.4, -0.2) is 4.98 Å². The quantitative estimate of drug-likeness (QED) is 0.702. The fraction of sp³-hybridized carbons (Fsp3) is 0.308. The average molecular weight is 272 g/mol. The number of fused-ring (bicyclic) bond motifs is 1. The third-order valence-electron chi connectivity index (χ3n) is 2.75. The van der Waals surface area contributed by atoms with Gasteiger partial charge in [-0.05, 0) is 24.5 Å². The molecule has 0 bridgehead atoms. The topological polar surface area (TPSA) is 12.9 Å².